The first-order valence-corrected chi connectivity index (χ1v) is 9.13. The average Bonchev–Trinajstić information content (AvgIpc) is 2.61. The highest BCUT2D eigenvalue weighted by Gasteiger charge is 2.30. The summed E-state index contributed by atoms with van der Waals surface area (Å²) < 4.78 is 5.45. The second-order valence-corrected chi connectivity index (χ2v) is 7.01. The number of hydrogen-bond donors (Lipinski definition) is 2. The molecule has 2 atom stereocenters. The van der Waals surface area contributed by atoms with Crippen LogP contribution in [-0.2, 0) is 0 Å². The molecule has 1 heterocycles. The number of benzene rings is 2. The molecule has 1 saturated heterocycles. The number of nitrogens with zero attached hydrogens (tertiary/aromatic N) is 1. The molecule has 1 fully saturated rings. The van der Waals surface area contributed by atoms with Gasteiger partial charge in [-0.1, -0.05) is 35.3 Å². The molecule has 134 valence electrons. The van der Waals surface area contributed by atoms with Gasteiger partial charge in [-0.3, -0.25) is 0 Å². The van der Waals surface area contributed by atoms with Gasteiger partial charge in [-0.05, 0) is 36.8 Å². The summed E-state index contributed by atoms with van der Waals surface area (Å²) in [5.41, 5.74) is 2.17. The molecule has 0 saturated carbocycles. The fraction of sp³-hybridized carbons (Fsp3) is 0.368. The number of piperazine rings is 1. The Hall–Kier alpha value is -1.46. The van der Waals surface area contributed by atoms with Gasteiger partial charge >= 0.3 is 0 Å². The first kappa shape index (κ1) is 18.3. The van der Waals surface area contributed by atoms with E-state index < -0.39 is 0 Å². The molecule has 4 nitrogen and oxygen atoms in total. The predicted octanol–water partition coefficient (Wildman–Crippen LogP) is 3.90. The number of aliphatic hydroxyl groups is 1. The van der Waals surface area contributed by atoms with Crippen molar-refractivity contribution in [2.75, 3.05) is 31.2 Å². The maximum absolute atomic E-state index is 8.89. The van der Waals surface area contributed by atoms with Crippen LogP contribution in [0.15, 0.2) is 42.5 Å². The lowest BCUT2D eigenvalue weighted by Gasteiger charge is -2.43. The van der Waals surface area contributed by atoms with Gasteiger partial charge in [0.15, 0.2) is 0 Å². The topological polar surface area (TPSA) is 44.7 Å². The standard InChI is InChI=1S/C19H22Cl2N2O2/c1-13-11-22-12-19(14-2-4-15(20)5-3-14)23(13)18-7-6-16(10-17(18)21)25-9-8-24/h2-7,10,13,19,22,24H,8-9,11-12H2,1H3/t13-,19+/m1/s1. The Morgan fingerprint density at radius 3 is 2.60 bits per heavy atom. The molecular weight excluding hydrogens is 359 g/mol. The van der Waals surface area contributed by atoms with Crippen molar-refractivity contribution in [2.24, 2.45) is 0 Å². The molecule has 0 spiro atoms. The maximum atomic E-state index is 8.89. The first-order chi connectivity index (χ1) is 12.1. The number of anilines is 1. The van der Waals surface area contributed by atoms with Crippen LogP contribution in [0.25, 0.3) is 0 Å². The van der Waals surface area contributed by atoms with Crippen LogP contribution in [0, 0.1) is 0 Å². The average molecular weight is 381 g/mol. The lowest BCUT2D eigenvalue weighted by molar-refractivity contribution is 0.201. The predicted molar refractivity (Wildman–Crippen MR) is 103 cm³/mol. The molecule has 1 aliphatic rings. The molecule has 3 rings (SSSR count). The van der Waals surface area contributed by atoms with E-state index in [0.29, 0.717) is 10.8 Å². The summed E-state index contributed by atoms with van der Waals surface area (Å²) in [6, 6.07) is 14.1. The smallest absolute Gasteiger partial charge is 0.121 e. The van der Waals surface area contributed by atoms with Crippen LogP contribution in [0.5, 0.6) is 5.75 Å². The van der Waals surface area contributed by atoms with Crippen LogP contribution >= 0.6 is 23.2 Å². The highest BCUT2D eigenvalue weighted by atomic mass is 35.5. The van der Waals surface area contributed by atoms with Crippen molar-refractivity contribution < 1.29 is 9.84 Å². The summed E-state index contributed by atoms with van der Waals surface area (Å²) in [6.45, 7) is 4.15. The second-order valence-electron chi connectivity index (χ2n) is 6.17. The van der Waals surface area contributed by atoms with Crippen molar-refractivity contribution in [3.8, 4) is 5.75 Å². The molecule has 6 heteroatoms. The normalized spacial score (nSPS) is 20.6. The molecule has 2 N–H and O–H groups in total. The Kier molecular flexibility index (Phi) is 6.07. The zero-order valence-electron chi connectivity index (χ0n) is 14.1. The Bertz CT molecular complexity index is 709. The van der Waals surface area contributed by atoms with E-state index in [1.165, 1.54) is 5.56 Å². The van der Waals surface area contributed by atoms with Crippen LogP contribution in [-0.4, -0.2) is 37.5 Å². The lowest BCUT2D eigenvalue weighted by Crippen LogP contribution is -2.52. The monoisotopic (exact) mass is 380 g/mol. The minimum absolute atomic E-state index is 0.0210. The van der Waals surface area contributed by atoms with E-state index in [-0.39, 0.29) is 25.3 Å². The number of nitrogens with one attached hydrogen (secondary N) is 1. The van der Waals surface area contributed by atoms with Gasteiger partial charge in [0.2, 0.25) is 0 Å². The summed E-state index contributed by atoms with van der Waals surface area (Å²) in [4.78, 5) is 2.35. The molecule has 0 radical (unpaired) electrons. The number of halogens is 2. The van der Waals surface area contributed by atoms with E-state index in [4.69, 9.17) is 33.0 Å². The zero-order chi connectivity index (χ0) is 17.8. The Morgan fingerprint density at radius 2 is 1.92 bits per heavy atom. The van der Waals surface area contributed by atoms with Crippen LogP contribution < -0.4 is 15.0 Å². The molecular formula is C19H22Cl2N2O2. The third-order valence-corrected chi connectivity index (χ3v) is 4.95. The highest BCUT2D eigenvalue weighted by molar-refractivity contribution is 6.33. The zero-order valence-corrected chi connectivity index (χ0v) is 15.6. The molecule has 1 aliphatic heterocycles. The summed E-state index contributed by atoms with van der Waals surface area (Å²) in [6.07, 6.45) is 0. The first-order valence-electron chi connectivity index (χ1n) is 8.38. The van der Waals surface area contributed by atoms with Gasteiger partial charge in [0.1, 0.15) is 12.4 Å². The number of hydrogen-bond acceptors (Lipinski definition) is 4. The van der Waals surface area contributed by atoms with Gasteiger partial charge in [0, 0.05) is 30.2 Å². The largest absolute Gasteiger partial charge is 0.491 e. The fourth-order valence-corrected chi connectivity index (χ4v) is 3.65. The number of aliphatic hydroxyl groups excluding tert-OH is 1. The van der Waals surface area contributed by atoms with E-state index in [2.05, 4.69) is 29.3 Å². The molecule has 0 unspecified atom stereocenters. The van der Waals surface area contributed by atoms with Gasteiger partial charge in [0.05, 0.1) is 23.4 Å². The van der Waals surface area contributed by atoms with E-state index >= 15 is 0 Å². The van der Waals surface area contributed by atoms with E-state index in [1.54, 1.807) is 6.07 Å². The minimum atomic E-state index is -0.0210. The van der Waals surface area contributed by atoms with Crippen LogP contribution in [0.2, 0.25) is 10.0 Å². The maximum Gasteiger partial charge on any atom is 0.121 e. The molecule has 25 heavy (non-hydrogen) atoms. The molecule has 0 aromatic heterocycles. The summed E-state index contributed by atoms with van der Waals surface area (Å²) in [5, 5.41) is 13.7. The van der Waals surface area contributed by atoms with Gasteiger partial charge in [-0.2, -0.15) is 0 Å². The van der Waals surface area contributed by atoms with Crippen molar-refractivity contribution in [2.45, 2.75) is 19.0 Å². The summed E-state index contributed by atoms with van der Waals surface area (Å²) in [7, 11) is 0. The van der Waals surface area contributed by atoms with Crippen molar-refractivity contribution >= 4 is 28.9 Å². The van der Waals surface area contributed by atoms with Gasteiger partial charge in [-0.25, -0.2) is 0 Å². The van der Waals surface area contributed by atoms with E-state index in [9.17, 15) is 0 Å². The Morgan fingerprint density at radius 1 is 1.16 bits per heavy atom. The lowest BCUT2D eigenvalue weighted by atomic mass is 9.99. The number of rotatable bonds is 5. The van der Waals surface area contributed by atoms with Gasteiger partial charge in [-0.15, -0.1) is 0 Å². The van der Waals surface area contributed by atoms with E-state index in [1.807, 2.05) is 24.3 Å². The summed E-state index contributed by atoms with van der Waals surface area (Å²) >= 11 is 12.6. The third-order valence-electron chi connectivity index (χ3n) is 4.40. The summed E-state index contributed by atoms with van der Waals surface area (Å²) in [5.74, 6) is 0.661. The van der Waals surface area contributed by atoms with Gasteiger partial charge in [0.25, 0.3) is 0 Å². The van der Waals surface area contributed by atoms with Crippen LogP contribution in [0.4, 0.5) is 5.69 Å². The number of ether oxygens (including phenoxy) is 1. The highest BCUT2D eigenvalue weighted by Crippen LogP contribution is 2.37. The van der Waals surface area contributed by atoms with Gasteiger partial charge < -0.3 is 20.1 Å². The van der Waals surface area contributed by atoms with Crippen molar-refractivity contribution in [1.29, 1.82) is 0 Å². The van der Waals surface area contributed by atoms with Crippen molar-refractivity contribution in [3.63, 3.8) is 0 Å². The molecule has 2 aromatic rings. The SMILES string of the molecule is C[C@@H]1CNC[C@@H](c2ccc(Cl)cc2)N1c1ccc(OCCO)cc1Cl. The van der Waals surface area contributed by atoms with Crippen molar-refractivity contribution in [1.82, 2.24) is 5.32 Å². The molecule has 0 bridgehead atoms. The molecule has 2 aromatic carbocycles. The Balaban J connectivity index is 1.92. The quantitative estimate of drug-likeness (QED) is 0.825. The Labute approximate surface area is 158 Å². The van der Waals surface area contributed by atoms with Crippen molar-refractivity contribution in [3.05, 3.63) is 58.1 Å². The molecule has 0 amide bonds. The molecule has 0 aliphatic carbocycles. The van der Waals surface area contributed by atoms with Crippen LogP contribution in [0.3, 0.4) is 0 Å². The second kappa shape index (κ2) is 8.28. The van der Waals surface area contributed by atoms with Crippen LogP contribution in [0.1, 0.15) is 18.5 Å². The van der Waals surface area contributed by atoms with E-state index in [0.717, 1.165) is 23.8 Å². The third kappa shape index (κ3) is 4.21. The fourth-order valence-electron chi connectivity index (χ4n) is 3.25. The minimum Gasteiger partial charge on any atom is -0.491 e.